The number of alkyl halides is 3. The summed E-state index contributed by atoms with van der Waals surface area (Å²) in [7, 11) is 0. The maximum Gasteiger partial charge on any atom is 0.433 e. The summed E-state index contributed by atoms with van der Waals surface area (Å²) in [6, 6.07) is 4.00. The van der Waals surface area contributed by atoms with Gasteiger partial charge in [0.1, 0.15) is 11.5 Å². The van der Waals surface area contributed by atoms with Gasteiger partial charge in [-0.15, -0.1) is 0 Å². The Balaban J connectivity index is 1.79. The maximum atomic E-state index is 12.8. The number of carbonyl (C=O) groups excluding carboxylic acids is 1. The van der Waals surface area contributed by atoms with E-state index in [1.807, 2.05) is 11.8 Å². The molecule has 0 bridgehead atoms. The van der Waals surface area contributed by atoms with Gasteiger partial charge in [0.05, 0.1) is 0 Å². The van der Waals surface area contributed by atoms with Gasteiger partial charge in [0.25, 0.3) is 0 Å². The zero-order chi connectivity index (χ0) is 16.8. The first-order valence-corrected chi connectivity index (χ1v) is 7.77. The first-order chi connectivity index (χ1) is 10.7. The van der Waals surface area contributed by atoms with Crippen LogP contribution in [0.1, 0.15) is 32.4 Å². The highest BCUT2D eigenvalue weighted by molar-refractivity contribution is 5.74. The van der Waals surface area contributed by atoms with Crippen LogP contribution in [0.3, 0.4) is 0 Å². The van der Waals surface area contributed by atoms with E-state index in [9.17, 15) is 18.0 Å². The highest BCUT2D eigenvalue weighted by Crippen LogP contribution is 2.45. The van der Waals surface area contributed by atoms with E-state index in [-0.39, 0.29) is 17.4 Å². The lowest BCUT2D eigenvalue weighted by molar-refractivity contribution is -0.141. The number of rotatable bonds is 2. The Bertz CT molecular complexity index is 619. The zero-order valence-corrected chi connectivity index (χ0v) is 13.2. The smallest absolute Gasteiger partial charge is 0.356 e. The fourth-order valence-corrected chi connectivity index (χ4v) is 4.06. The van der Waals surface area contributed by atoms with Crippen LogP contribution in [0, 0.1) is 11.8 Å². The van der Waals surface area contributed by atoms with Crippen molar-refractivity contribution in [3.05, 3.63) is 23.9 Å². The van der Waals surface area contributed by atoms with E-state index in [2.05, 4.69) is 10.3 Å². The SMILES string of the molecule is CC(=O)N[C@@]1(C)CC[C@@H]2CN(c3cccc(C(F)(F)F)n3)C[C@@H]21. The number of hydrogen-bond donors (Lipinski definition) is 1. The molecule has 0 spiro atoms. The molecule has 23 heavy (non-hydrogen) atoms. The van der Waals surface area contributed by atoms with Crippen molar-refractivity contribution in [2.75, 3.05) is 18.0 Å². The topological polar surface area (TPSA) is 45.2 Å². The summed E-state index contributed by atoms with van der Waals surface area (Å²) in [5.41, 5.74) is -1.15. The van der Waals surface area contributed by atoms with Gasteiger partial charge < -0.3 is 10.2 Å². The molecule has 1 aromatic heterocycles. The number of nitrogens with one attached hydrogen (secondary N) is 1. The third-order valence-corrected chi connectivity index (χ3v) is 5.10. The Hall–Kier alpha value is -1.79. The lowest BCUT2D eigenvalue weighted by Crippen LogP contribution is -2.49. The van der Waals surface area contributed by atoms with Gasteiger partial charge in [0.2, 0.25) is 5.91 Å². The van der Waals surface area contributed by atoms with E-state index < -0.39 is 11.9 Å². The predicted octanol–water partition coefficient (Wildman–Crippen LogP) is 2.84. The van der Waals surface area contributed by atoms with Gasteiger partial charge >= 0.3 is 6.18 Å². The molecule has 1 aromatic rings. The van der Waals surface area contributed by atoms with Gasteiger partial charge in [-0.1, -0.05) is 6.07 Å². The second kappa shape index (κ2) is 5.39. The monoisotopic (exact) mass is 327 g/mol. The molecule has 2 heterocycles. The molecule has 0 aromatic carbocycles. The summed E-state index contributed by atoms with van der Waals surface area (Å²) in [6.45, 7) is 4.84. The zero-order valence-electron chi connectivity index (χ0n) is 13.2. The number of hydrogen-bond acceptors (Lipinski definition) is 3. The van der Waals surface area contributed by atoms with Gasteiger partial charge in [-0.2, -0.15) is 13.2 Å². The maximum absolute atomic E-state index is 12.8. The number of halogens is 3. The fourth-order valence-electron chi connectivity index (χ4n) is 4.06. The Morgan fingerprint density at radius 3 is 2.78 bits per heavy atom. The molecule has 2 fully saturated rings. The largest absolute Gasteiger partial charge is 0.433 e. The van der Waals surface area contributed by atoms with Crippen LogP contribution in [0.4, 0.5) is 19.0 Å². The van der Waals surface area contributed by atoms with Crippen molar-refractivity contribution in [1.29, 1.82) is 0 Å². The van der Waals surface area contributed by atoms with E-state index in [1.54, 1.807) is 6.07 Å². The summed E-state index contributed by atoms with van der Waals surface area (Å²) < 4.78 is 38.5. The lowest BCUT2D eigenvalue weighted by atomic mass is 9.86. The van der Waals surface area contributed by atoms with Crippen molar-refractivity contribution in [3.63, 3.8) is 0 Å². The summed E-state index contributed by atoms with van der Waals surface area (Å²) >= 11 is 0. The molecule has 1 saturated heterocycles. The molecule has 4 nitrogen and oxygen atoms in total. The molecule has 0 radical (unpaired) electrons. The van der Waals surface area contributed by atoms with Crippen LogP contribution in [0.25, 0.3) is 0 Å². The Morgan fingerprint density at radius 1 is 1.39 bits per heavy atom. The minimum atomic E-state index is -4.43. The van der Waals surface area contributed by atoms with Crippen LogP contribution in [-0.2, 0) is 11.0 Å². The number of aromatic nitrogens is 1. The summed E-state index contributed by atoms with van der Waals surface area (Å²) in [6.07, 6.45) is -2.56. The van der Waals surface area contributed by atoms with Gasteiger partial charge in [0.15, 0.2) is 0 Å². The number of anilines is 1. The predicted molar refractivity (Wildman–Crippen MR) is 79.9 cm³/mol. The van der Waals surface area contributed by atoms with Crippen LogP contribution in [0.2, 0.25) is 0 Å². The summed E-state index contributed by atoms with van der Waals surface area (Å²) in [5.74, 6) is 0.911. The summed E-state index contributed by atoms with van der Waals surface area (Å²) in [5, 5.41) is 3.03. The van der Waals surface area contributed by atoms with Crippen molar-refractivity contribution in [2.45, 2.75) is 38.4 Å². The normalized spacial score (nSPS) is 30.4. The van der Waals surface area contributed by atoms with Crippen molar-refractivity contribution < 1.29 is 18.0 Å². The highest BCUT2D eigenvalue weighted by Gasteiger charge is 2.50. The minimum absolute atomic E-state index is 0.0659. The molecule has 126 valence electrons. The van der Waals surface area contributed by atoms with Crippen LogP contribution in [0.5, 0.6) is 0 Å². The van der Waals surface area contributed by atoms with Gasteiger partial charge in [-0.05, 0) is 37.8 Å². The van der Waals surface area contributed by atoms with E-state index in [1.165, 1.54) is 13.0 Å². The molecular weight excluding hydrogens is 307 g/mol. The molecule has 3 atom stereocenters. The molecule has 0 unspecified atom stereocenters. The number of pyridine rings is 1. The van der Waals surface area contributed by atoms with Crippen molar-refractivity contribution in [1.82, 2.24) is 10.3 Å². The van der Waals surface area contributed by atoms with Crippen molar-refractivity contribution in [2.24, 2.45) is 11.8 Å². The van der Waals surface area contributed by atoms with Gasteiger partial charge in [-0.25, -0.2) is 4.98 Å². The van der Waals surface area contributed by atoms with Crippen LogP contribution < -0.4 is 10.2 Å². The Morgan fingerprint density at radius 2 is 2.13 bits per heavy atom. The Labute approximate surface area is 133 Å². The number of amides is 1. The average Bonchev–Trinajstić information content (AvgIpc) is 2.99. The van der Waals surface area contributed by atoms with Gasteiger partial charge in [0, 0.05) is 31.5 Å². The molecular formula is C16H20F3N3O. The molecule has 1 amide bonds. The Kier molecular flexibility index (Phi) is 3.77. The summed E-state index contributed by atoms with van der Waals surface area (Å²) in [4.78, 5) is 17.1. The number of carbonyl (C=O) groups is 1. The van der Waals surface area contributed by atoms with Gasteiger partial charge in [-0.3, -0.25) is 4.79 Å². The quantitative estimate of drug-likeness (QED) is 0.908. The molecule has 3 rings (SSSR count). The minimum Gasteiger partial charge on any atom is -0.356 e. The van der Waals surface area contributed by atoms with Crippen molar-refractivity contribution >= 4 is 11.7 Å². The third-order valence-electron chi connectivity index (χ3n) is 5.10. The van der Waals surface area contributed by atoms with Crippen LogP contribution in [0.15, 0.2) is 18.2 Å². The highest BCUT2D eigenvalue weighted by atomic mass is 19.4. The first kappa shape index (κ1) is 16.1. The lowest BCUT2D eigenvalue weighted by Gasteiger charge is -2.32. The standard InChI is InChI=1S/C16H20F3N3O/c1-10(23)21-15(2)7-6-11-8-22(9-12(11)15)14-5-3-4-13(20-14)16(17,18)19/h3-5,11-12H,6-9H2,1-2H3,(H,21,23)/t11-,12+,15+/m1/s1. The molecule has 7 heteroatoms. The third kappa shape index (κ3) is 3.01. The second-order valence-corrected chi connectivity index (χ2v) is 6.79. The number of fused-ring (bicyclic) bond motifs is 1. The first-order valence-electron chi connectivity index (χ1n) is 7.77. The van der Waals surface area contributed by atoms with E-state index in [0.717, 1.165) is 18.9 Å². The second-order valence-electron chi connectivity index (χ2n) is 6.79. The molecule has 1 aliphatic heterocycles. The van der Waals surface area contributed by atoms with E-state index in [4.69, 9.17) is 0 Å². The molecule has 1 aliphatic carbocycles. The van der Waals surface area contributed by atoms with Crippen LogP contribution in [-0.4, -0.2) is 29.5 Å². The van der Waals surface area contributed by atoms with Crippen molar-refractivity contribution in [3.8, 4) is 0 Å². The fraction of sp³-hybridized carbons (Fsp3) is 0.625. The molecule has 1 saturated carbocycles. The van der Waals surface area contributed by atoms with Crippen LogP contribution >= 0.6 is 0 Å². The molecule has 1 N–H and O–H groups in total. The number of nitrogens with zero attached hydrogens (tertiary/aromatic N) is 2. The van der Waals surface area contributed by atoms with E-state index in [0.29, 0.717) is 24.8 Å². The molecule has 2 aliphatic rings. The average molecular weight is 327 g/mol. The van der Waals surface area contributed by atoms with E-state index >= 15 is 0 Å².